The van der Waals surface area contributed by atoms with Crippen molar-refractivity contribution in [1.29, 1.82) is 0 Å². The average Bonchev–Trinajstić information content (AvgIpc) is 2.78. The fourth-order valence-electron chi connectivity index (χ4n) is 3.59. The molecule has 0 bridgehead atoms. The van der Waals surface area contributed by atoms with E-state index < -0.39 is 22.0 Å². The minimum Gasteiger partial charge on any atom is -0.476 e. The predicted molar refractivity (Wildman–Crippen MR) is 131 cm³/mol. The van der Waals surface area contributed by atoms with E-state index in [1.165, 1.54) is 4.31 Å². The number of anilines is 2. The Morgan fingerprint density at radius 1 is 1.03 bits per heavy atom. The molecule has 0 unspecified atom stereocenters. The molecule has 0 saturated heterocycles. The van der Waals surface area contributed by atoms with Gasteiger partial charge in [-0.25, -0.2) is 8.42 Å². The zero-order valence-corrected chi connectivity index (χ0v) is 20.2. The van der Waals surface area contributed by atoms with E-state index in [0.29, 0.717) is 22.1 Å². The molecule has 1 atom stereocenters. The van der Waals surface area contributed by atoms with Gasteiger partial charge in [0.1, 0.15) is 5.75 Å². The van der Waals surface area contributed by atoms with Gasteiger partial charge in [0.05, 0.1) is 17.1 Å². The van der Waals surface area contributed by atoms with E-state index in [9.17, 15) is 13.2 Å². The number of fused-ring (bicyclic) bond motifs is 1. The molecule has 0 radical (unpaired) electrons. The highest BCUT2D eigenvalue weighted by Gasteiger charge is 2.38. The van der Waals surface area contributed by atoms with E-state index in [1.54, 1.807) is 60.7 Å². The lowest BCUT2D eigenvalue weighted by atomic mass is 9.86. The lowest BCUT2D eigenvalue weighted by Crippen LogP contribution is -2.49. The topological polar surface area (TPSA) is 75.7 Å². The van der Waals surface area contributed by atoms with Crippen LogP contribution in [0, 0.1) is 0 Å². The highest BCUT2D eigenvalue weighted by Crippen LogP contribution is 2.40. The van der Waals surface area contributed by atoms with Gasteiger partial charge in [-0.2, -0.15) is 0 Å². The Bertz CT molecular complexity index is 1290. The van der Waals surface area contributed by atoms with Gasteiger partial charge >= 0.3 is 0 Å². The van der Waals surface area contributed by atoms with Crippen molar-refractivity contribution in [3.05, 3.63) is 83.4 Å². The highest BCUT2D eigenvalue weighted by atomic mass is 35.5. The minimum atomic E-state index is -3.93. The van der Waals surface area contributed by atoms with Crippen molar-refractivity contribution in [2.24, 2.45) is 0 Å². The smallest absolute Gasteiger partial charge is 0.267 e. The number of ether oxygens (including phenoxy) is 1. The van der Waals surface area contributed by atoms with Crippen molar-refractivity contribution in [1.82, 2.24) is 0 Å². The Morgan fingerprint density at radius 2 is 1.76 bits per heavy atom. The van der Waals surface area contributed by atoms with Crippen LogP contribution in [0.25, 0.3) is 0 Å². The van der Waals surface area contributed by atoms with Crippen LogP contribution in [0.5, 0.6) is 5.75 Å². The fraction of sp³-hybridized carbons (Fsp3) is 0.240. The third-order valence-electron chi connectivity index (χ3n) is 5.41. The van der Waals surface area contributed by atoms with Gasteiger partial charge in [-0.1, -0.05) is 62.7 Å². The molecule has 6 nitrogen and oxygen atoms in total. The number of carbonyl (C=O) groups excluding carboxylic acids is 1. The van der Waals surface area contributed by atoms with Crippen LogP contribution < -0.4 is 14.4 Å². The molecule has 0 aliphatic carbocycles. The van der Waals surface area contributed by atoms with Crippen LogP contribution in [0.1, 0.15) is 26.3 Å². The molecule has 0 aromatic heterocycles. The molecule has 172 valence electrons. The summed E-state index contributed by atoms with van der Waals surface area (Å²) in [5.41, 5.74) is 1.68. The normalized spacial score (nSPS) is 16.0. The molecule has 4 rings (SSSR count). The van der Waals surface area contributed by atoms with Crippen molar-refractivity contribution in [2.75, 3.05) is 16.2 Å². The SMILES string of the molecule is CC(C)(C)c1ccc2c(c1)N(S(=O)(=O)c1ccccc1)C[C@@H](C(=O)Nc1cccc(Cl)c1)O2. The van der Waals surface area contributed by atoms with Crippen molar-refractivity contribution in [2.45, 2.75) is 37.2 Å². The lowest BCUT2D eigenvalue weighted by molar-refractivity contribution is -0.122. The number of hydrogen-bond donors (Lipinski definition) is 1. The van der Waals surface area contributed by atoms with E-state index >= 15 is 0 Å². The molecule has 1 aliphatic rings. The minimum absolute atomic E-state index is 0.146. The maximum atomic E-state index is 13.6. The third-order valence-corrected chi connectivity index (χ3v) is 7.44. The Labute approximate surface area is 199 Å². The lowest BCUT2D eigenvalue weighted by Gasteiger charge is -2.36. The molecular formula is C25H25ClN2O4S. The largest absolute Gasteiger partial charge is 0.476 e. The molecule has 0 saturated carbocycles. The van der Waals surface area contributed by atoms with Crippen LogP contribution >= 0.6 is 11.6 Å². The monoisotopic (exact) mass is 484 g/mol. The highest BCUT2D eigenvalue weighted by molar-refractivity contribution is 7.92. The summed E-state index contributed by atoms with van der Waals surface area (Å²) in [5, 5.41) is 3.24. The number of amides is 1. The Hall–Kier alpha value is -3.03. The summed E-state index contributed by atoms with van der Waals surface area (Å²) in [4.78, 5) is 13.2. The second-order valence-corrected chi connectivity index (χ2v) is 11.2. The summed E-state index contributed by atoms with van der Waals surface area (Å²) in [5.74, 6) is -0.129. The van der Waals surface area contributed by atoms with E-state index in [1.807, 2.05) is 12.1 Å². The van der Waals surface area contributed by atoms with Crippen LogP contribution in [-0.4, -0.2) is 27.0 Å². The average molecular weight is 485 g/mol. The van der Waals surface area contributed by atoms with Crippen molar-refractivity contribution in [3.8, 4) is 5.75 Å². The van der Waals surface area contributed by atoms with Crippen LogP contribution in [-0.2, 0) is 20.2 Å². The Kier molecular flexibility index (Phi) is 6.12. The molecule has 1 aliphatic heterocycles. The molecule has 33 heavy (non-hydrogen) atoms. The van der Waals surface area contributed by atoms with Crippen LogP contribution in [0.4, 0.5) is 11.4 Å². The van der Waals surface area contributed by atoms with Gasteiger partial charge in [0.2, 0.25) is 0 Å². The number of hydrogen-bond acceptors (Lipinski definition) is 4. The summed E-state index contributed by atoms with van der Waals surface area (Å²) in [7, 11) is -3.93. The number of carbonyl (C=O) groups is 1. The first-order chi connectivity index (χ1) is 15.6. The third kappa shape index (κ3) is 4.84. The first-order valence-corrected chi connectivity index (χ1v) is 12.3. The predicted octanol–water partition coefficient (Wildman–Crippen LogP) is 5.23. The Morgan fingerprint density at radius 3 is 2.42 bits per heavy atom. The van der Waals surface area contributed by atoms with E-state index in [-0.39, 0.29) is 16.9 Å². The molecule has 0 spiro atoms. The second kappa shape index (κ2) is 8.72. The van der Waals surface area contributed by atoms with Crippen molar-refractivity contribution >= 4 is 38.9 Å². The van der Waals surface area contributed by atoms with Gasteiger partial charge in [-0.15, -0.1) is 0 Å². The molecule has 8 heteroatoms. The number of nitrogens with zero attached hydrogens (tertiary/aromatic N) is 1. The van der Waals surface area contributed by atoms with Gasteiger partial charge in [-0.05, 0) is 53.4 Å². The molecule has 1 heterocycles. The van der Waals surface area contributed by atoms with E-state index in [2.05, 4.69) is 26.1 Å². The van der Waals surface area contributed by atoms with Gasteiger partial charge in [0.25, 0.3) is 15.9 Å². The molecule has 3 aromatic carbocycles. The molecular weight excluding hydrogens is 460 g/mol. The zero-order valence-electron chi connectivity index (χ0n) is 18.6. The van der Waals surface area contributed by atoms with E-state index in [4.69, 9.17) is 16.3 Å². The van der Waals surface area contributed by atoms with E-state index in [0.717, 1.165) is 5.56 Å². The summed E-state index contributed by atoms with van der Waals surface area (Å²) >= 11 is 6.01. The maximum Gasteiger partial charge on any atom is 0.267 e. The number of rotatable bonds is 4. The van der Waals surface area contributed by atoms with Crippen molar-refractivity contribution < 1.29 is 17.9 Å². The van der Waals surface area contributed by atoms with Gasteiger partial charge in [0, 0.05) is 10.7 Å². The summed E-state index contributed by atoms with van der Waals surface area (Å²) in [6, 6.07) is 20.3. The Balaban J connectivity index is 1.74. The van der Waals surface area contributed by atoms with Gasteiger partial charge < -0.3 is 10.1 Å². The zero-order chi connectivity index (χ0) is 23.8. The van der Waals surface area contributed by atoms with Crippen LogP contribution in [0.15, 0.2) is 77.7 Å². The molecule has 0 fully saturated rings. The summed E-state index contributed by atoms with van der Waals surface area (Å²) in [6.45, 7) is 5.99. The number of halogens is 1. The quantitative estimate of drug-likeness (QED) is 0.550. The first kappa shape index (κ1) is 23.1. The first-order valence-electron chi connectivity index (χ1n) is 10.5. The number of benzene rings is 3. The molecule has 3 aromatic rings. The standard InChI is InChI=1S/C25H25ClN2O4S/c1-25(2,3)17-12-13-22-21(14-17)28(33(30,31)20-10-5-4-6-11-20)16-23(32-22)24(29)27-19-9-7-8-18(26)15-19/h4-15,23H,16H2,1-3H3,(H,27,29)/t23-/m0/s1. The maximum absolute atomic E-state index is 13.6. The molecule has 1 N–H and O–H groups in total. The summed E-state index contributed by atoms with van der Waals surface area (Å²) in [6.07, 6.45) is -1.05. The molecule has 1 amide bonds. The number of nitrogens with one attached hydrogen (secondary N) is 1. The van der Waals surface area contributed by atoms with Crippen LogP contribution in [0.2, 0.25) is 5.02 Å². The second-order valence-electron chi connectivity index (χ2n) is 8.89. The number of sulfonamides is 1. The van der Waals surface area contributed by atoms with Crippen molar-refractivity contribution in [3.63, 3.8) is 0 Å². The van der Waals surface area contributed by atoms with Gasteiger partial charge in [0.15, 0.2) is 6.10 Å². The van der Waals surface area contributed by atoms with Gasteiger partial charge in [-0.3, -0.25) is 9.10 Å². The fourth-order valence-corrected chi connectivity index (χ4v) is 5.27. The van der Waals surface area contributed by atoms with Crippen LogP contribution in [0.3, 0.4) is 0 Å². The summed E-state index contributed by atoms with van der Waals surface area (Å²) < 4.78 is 34.4.